The third-order valence-corrected chi connectivity index (χ3v) is 3.63. The van der Waals surface area contributed by atoms with Crippen molar-refractivity contribution in [2.75, 3.05) is 11.9 Å². The van der Waals surface area contributed by atoms with E-state index >= 15 is 0 Å². The van der Waals surface area contributed by atoms with Crippen molar-refractivity contribution in [3.63, 3.8) is 0 Å². The molecule has 0 saturated carbocycles. The Balaban J connectivity index is 1.92. The van der Waals surface area contributed by atoms with Crippen LogP contribution in [0.15, 0.2) is 36.4 Å². The Morgan fingerprint density at radius 2 is 2.10 bits per heavy atom. The van der Waals surface area contributed by atoms with Gasteiger partial charge in [-0.25, -0.2) is 0 Å². The molecule has 0 spiro atoms. The van der Waals surface area contributed by atoms with Crippen molar-refractivity contribution < 1.29 is 9.66 Å². The summed E-state index contributed by atoms with van der Waals surface area (Å²) in [6, 6.07) is 10.6. The van der Waals surface area contributed by atoms with Crippen LogP contribution in [0.3, 0.4) is 0 Å². The number of nitrogens with one attached hydrogen (secondary N) is 1. The topological polar surface area (TPSA) is 64.4 Å². The number of benzene rings is 2. The minimum atomic E-state index is -0.400. The third kappa shape index (κ3) is 2.67. The van der Waals surface area contributed by atoms with E-state index < -0.39 is 4.92 Å². The molecule has 0 fully saturated rings. The molecule has 1 aliphatic rings. The number of nitro benzene ring substituents is 1. The molecule has 0 atom stereocenters. The first kappa shape index (κ1) is 13.4. The summed E-state index contributed by atoms with van der Waals surface area (Å²) in [6.45, 7) is 2.75. The van der Waals surface area contributed by atoms with E-state index in [1.165, 1.54) is 17.7 Å². The fourth-order valence-electron chi connectivity index (χ4n) is 2.54. The highest BCUT2D eigenvalue weighted by molar-refractivity contribution is 5.64. The van der Waals surface area contributed by atoms with Gasteiger partial charge < -0.3 is 10.1 Å². The zero-order chi connectivity index (χ0) is 14.8. The molecule has 0 aliphatic carbocycles. The summed E-state index contributed by atoms with van der Waals surface area (Å²) in [4.78, 5) is 10.4. The lowest BCUT2D eigenvalue weighted by molar-refractivity contribution is -0.384. The van der Waals surface area contributed by atoms with E-state index in [4.69, 9.17) is 4.74 Å². The minimum Gasteiger partial charge on any atom is -0.455 e. The number of non-ortho nitro benzene ring substituents is 1. The van der Waals surface area contributed by atoms with Gasteiger partial charge in [0.2, 0.25) is 0 Å². The highest BCUT2D eigenvalue weighted by Gasteiger charge is 2.15. The van der Waals surface area contributed by atoms with Crippen LogP contribution in [0.2, 0.25) is 0 Å². The number of anilines is 1. The Bertz CT molecular complexity index is 698. The Kier molecular flexibility index (Phi) is 3.48. The fraction of sp³-hybridized carbons (Fsp3) is 0.250. The van der Waals surface area contributed by atoms with Gasteiger partial charge in [-0.3, -0.25) is 10.1 Å². The highest BCUT2D eigenvalue weighted by Crippen LogP contribution is 2.36. The summed E-state index contributed by atoms with van der Waals surface area (Å²) in [5.74, 6) is 1.41. The predicted molar refractivity (Wildman–Crippen MR) is 81.2 cm³/mol. The van der Waals surface area contributed by atoms with Crippen LogP contribution in [0.5, 0.6) is 11.5 Å². The molecule has 0 bridgehead atoms. The van der Waals surface area contributed by atoms with Gasteiger partial charge in [0.05, 0.1) is 10.6 Å². The predicted octanol–water partition coefficient (Wildman–Crippen LogP) is 4.05. The van der Waals surface area contributed by atoms with Crippen LogP contribution in [0.4, 0.5) is 11.4 Å². The van der Waals surface area contributed by atoms with Crippen LogP contribution in [0, 0.1) is 17.0 Å². The molecule has 5 heteroatoms. The normalized spacial score (nSPS) is 13.2. The first-order valence-electron chi connectivity index (χ1n) is 6.94. The summed E-state index contributed by atoms with van der Waals surface area (Å²) in [7, 11) is 0. The van der Waals surface area contributed by atoms with Crippen LogP contribution >= 0.6 is 0 Å². The fourth-order valence-corrected chi connectivity index (χ4v) is 2.54. The standard InChI is InChI=1S/C16H16N2O3/c1-11-10-13(18(19)20)7-8-14(11)21-15-6-2-4-12-5-3-9-17-16(12)15/h2,4,6-8,10,17H,3,5,9H2,1H3. The number of fused-ring (bicyclic) bond motifs is 1. The molecule has 0 saturated heterocycles. The number of nitrogens with zero attached hydrogens (tertiary/aromatic N) is 1. The number of aryl methyl sites for hydroxylation is 2. The highest BCUT2D eigenvalue weighted by atomic mass is 16.6. The number of rotatable bonds is 3. The zero-order valence-electron chi connectivity index (χ0n) is 11.8. The molecule has 1 aliphatic heterocycles. The van der Waals surface area contributed by atoms with Crippen molar-refractivity contribution in [2.24, 2.45) is 0 Å². The van der Waals surface area contributed by atoms with Gasteiger partial charge in [0.1, 0.15) is 5.75 Å². The van der Waals surface area contributed by atoms with E-state index in [0.29, 0.717) is 5.75 Å². The van der Waals surface area contributed by atoms with E-state index in [0.717, 1.165) is 36.4 Å². The average molecular weight is 284 g/mol. The summed E-state index contributed by atoms with van der Waals surface area (Å²) in [6.07, 6.45) is 2.16. The average Bonchev–Trinajstić information content (AvgIpc) is 2.49. The molecule has 1 N–H and O–H groups in total. The second-order valence-corrected chi connectivity index (χ2v) is 5.13. The van der Waals surface area contributed by atoms with Crippen LogP contribution in [-0.2, 0) is 6.42 Å². The monoisotopic (exact) mass is 284 g/mol. The summed E-state index contributed by atoms with van der Waals surface area (Å²) >= 11 is 0. The second-order valence-electron chi connectivity index (χ2n) is 5.13. The maximum absolute atomic E-state index is 10.8. The first-order chi connectivity index (χ1) is 10.1. The Morgan fingerprint density at radius 3 is 2.86 bits per heavy atom. The van der Waals surface area contributed by atoms with Gasteiger partial charge in [0.25, 0.3) is 5.69 Å². The first-order valence-corrected chi connectivity index (χ1v) is 6.94. The molecular formula is C16H16N2O3. The Labute approximate surface area is 122 Å². The van der Waals surface area contributed by atoms with Gasteiger partial charge in [-0.1, -0.05) is 12.1 Å². The number of hydrogen-bond acceptors (Lipinski definition) is 4. The van der Waals surface area contributed by atoms with Gasteiger partial charge in [-0.15, -0.1) is 0 Å². The van der Waals surface area contributed by atoms with Crippen LogP contribution in [-0.4, -0.2) is 11.5 Å². The Hall–Kier alpha value is -2.56. The van der Waals surface area contributed by atoms with Gasteiger partial charge in [-0.05, 0) is 43.0 Å². The number of para-hydroxylation sites is 1. The second kappa shape index (κ2) is 5.44. The van der Waals surface area contributed by atoms with Crippen LogP contribution in [0.1, 0.15) is 17.5 Å². The smallest absolute Gasteiger partial charge is 0.269 e. The van der Waals surface area contributed by atoms with E-state index in [2.05, 4.69) is 11.4 Å². The lowest BCUT2D eigenvalue weighted by Gasteiger charge is -2.21. The largest absolute Gasteiger partial charge is 0.455 e. The van der Waals surface area contributed by atoms with Crippen molar-refractivity contribution in [1.29, 1.82) is 0 Å². The number of ether oxygens (including phenoxy) is 1. The van der Waals surface area contributed by atoms with Crippen molar-refractivity contribution in [1.82, 2.24) is 0 Å². The molecule has 21 heavy (non-hydrogen) atoms. The summed E-state index contributed by atoms with van der Waals surface area (Å²) in [5, 5.41) is 14.1. The molecule has 2 aromatic carbocycles. The van der Waals surface area contributed by atoms with Gasteiger partial charge in [0, 0.05) is 18.7 Å². The van der Waals surface area contributed by atoms with Crippen molar-refractivity contribution in [3.05, 3.63) is 57.6 Å². The molecule has 2 aromatic rings. The maximum Gasteiger partial charge on any atom is 0.269 e. The third-order valence-electron chi connectivity index (χ3n) is 3.63. The molecule has 5 nitrogen and oxygen atoms in total. The van der Waals surface area contributed by atoms with E-state index in [9.17, 15) is 10.1 Å². The quantitative estimate of drug-likeness (QED) is 0.682. The number of nitro groups is 1. The molecule has 0 radical (unpaired) electrons. The molecule has 3 rings (SSSR count). The minimum absolute atomic E-state index is 0.0769. The molecule has 0 aromatic heterocycles. The SMILES string of the molecule is Cc1cc([N+](=O)[O-])ccc1Oc1cccc2c1NCCC2. The molecule has 0 unspecified atom stereocenters. The van der Waals surface area contributed by atoms with Crippen LogP contribution < -0.4 is 10.1 Å². The summed E-state index contributed by atoms with van der Waals surface area (Å²) < 4.78 is 5.96. The summed E-state index contributed by atoms with van der Waals surface area (Å²) in [5.41, 5.74) is 3.10. The zero-order valence-corrected chi connectivity index (χ0v) is 11.8. The molecule has 0 amide bonds. The van der Waals surface area contributed by atoms with Crippen molar-refractivity contribution in [2.45, 2.75) is 19.8 Å². The molecule has 108 valence electrons. The van der Waals surface area contributed by atoms with E-state index in [-0.39, 0.29) is 5.69 Å². The van der Waals surface area contributed by atoms with Crippen LogP contribution in [0.25, 0.3) is 0 Å². The lowest BCUT2D eigenvalue weighted by Crippen LogP contribution is -2.12. The van der Waals surface area contributed by atoms with E-state index in [1.54, 1.807) is 6.07 Å². The van der Waals surface area contributed by atoms with Gasteiger partial charge in [-0.2, -0.15) is 0 Å². The van der Waals surface area contributed by atoms with Crippen molar-refractivity contribution >= 4 is 11.4 Å². The van der Waals surface area contributed by atoms with Gasteiger partial charge >= 0.3 is 0 Å². The number of hydrogen-bond donors (Lipinski definition) is 1. The maximum atomic E-state index is 10.8. The van der Waals surface area contributed by atoms with Gasteiger partial charge in [0.15, 0.2) is 5.75 Å². The lowest BCUT2D eigenvalue weighted by atomic mass is 10.0. The van der Waals surface area contributed by atoms with E-state index in [1.807, 2.05) is 19.1 Å². The molecular weight excluding hydrogens is 268 g/mol. The Morgan fingerprint density at radius 1 is 1.24 bits per heavy atom. The van der Waals surface area contributed by atoms with Crippen molar-refractivity contribution in [3.8, 4) is 11.5 Å². The molecule has 1 heterocycles.